The topological polar surface area (TPSA) is 108 Å². The molecule has 4 aromatic rings. The number of H-pyrrole nitrogens is 1. The molecule has 0 bridgehead atoms. The lowest BCUT2D eigenvalue weighted by atomic mass is 10.1. The quantitative estimate of drug-likeness (QED) is 0.441. The summed E-state index contributed by atoms with van der Waals surface area (Å²) in [5.41, 5.74) is 4.20. The van der Waals surface area contributed by atoms with Gasteiger partial charge in [0, 0.05) is 47.6 Å². The minimum atomic E-state index is -0.137. The maximum atomic E-state index is 12.5. The van der Waals surface area contributed by atoms with E-state index in [0.717, 1.165) is 22.5 Å². The summed E-state index contributed by atoms with van der Waals surface area (Å²) in [5.74, 6) is 1.18. The molecule has 0 saturated carbocycles. The van der Waals surface area contributed by atoms with E-state index in [1.54, 1.807) is 24.7 Å². The van der Waals surface area contributed by atoms with E-state index in [1.807, 2.05) is 49.4 Å². The molecule has 3 aromatic heterocycles. The summed E-state index contributed by atoms with van der Waals surface area (Å²) in [7, 11) is 0. The minimum Gasteiger partial charge on any atom is -0.378 e. The molecular weight excluding hydrogens is 378 g/mol. The van der Waals surface area contributed by atoms with Crippen LogP contribution in [0.15, 0.2) is 67.1 Å². The second kappa shape index (κ2) is 8.95. The number of aromatic amines is 1. The maximum absolute atomic E-state index is 12.5. The van der Waals surface area contributed by atoms with Gasteiger partial charge in [0.05, 0.1) is 6.54 Å². The van der Waals surface area contributed by atoms with Gasteiger partial charge in [-0.2, -0.15) is 5.10 Å². The maximum Gasteiger partial charge on any atom is 0.251 e. The molecule has 4 rings (SSSR count). The van der Waals surface area contributed by atoms with Gasteiger partial charge in [-0.1, -0.05) is 12.1 Å². The molecular formula is C22H21N7O. The number of aryl methyl sites for hydroxylation is 1. The van der Waals surface area contributed by atoms with Gasteiger partial charge in [-0.25, -0.2) is 4.98 Å². The van der Waals surface area contributed by atoms with Crippen LogP contribution >= 0.6 is 0 Å². The van der Waals surface area contributed by atoms with E-state index in [9.17, 15) is 4.79 Å². The molecule has 0 spiro atoms. The molecule has 0 fully saturated rings. The fourth-order valence-electron chi connectivity index (χ4n) is 2.94. The molecule has 0 saturated heterocycles. The van der Waals surface area contributed by atoms with E-state index >= 15 is 0 Å². The number of hydrogen-bond acceptors (Lipinski definition) is 6. The SMILES string of the molecule is Cc1ncccc1CNC(=O)c1cccc(NCc2nc(-c3ccncc3)n[nH]2)c1. The minimum absolute atomic E-state index is 0.137. The fourth-order valence-corrected chi connectivity index (χ4v) is 2.94. The third-order valence-electron chi connectivity index (χ3n) is 4.61. The number of benzene rings is 1. The van der Waals surface area contributed by atoms with Crippen molar-refractivity contribution in [3.8, 4) is 11.4 Å². The Balaban J connectivity index is 1.36. The predicted octanol–water partition coefficient (Wildman–Crippen LogP) is 3.11. The molecule has 0 radical (unpaired) electrons. The zero-order valence-electron chi connectivity index (χ0n) is 16.5. The van der Waals surface area contributed by atoms with Crippen molar-refractivity contribution in [1.82, 2.24) is 30.5 Å². The number of hydrogen-bond donors (Lipinski definition) is 3. The molecule has 150 valence electrons. The second-order valence-electron chi connectivity index (χ2n) is 6.71. The highest BCUT2D eigenvalue weighted by Crippen LogP contribution is 2.15. The largest absolute Gasteiger partial charge is 0.378 e. The number of nitrogens with zero attached hydrogens (tertiary/aromatic N) is 4. The molecule has 3 N–H and O–H groups in total. The van der Waals surface area contributed by atoms with Gasteiger partial charge in [0.15, 0.2) is 5.82 Å². The van der Waals surface area contributed by atoms with Gasteiger partial charge in [0.25, 0.3) is 5.91 Å². The summed E-state index contributed by atoms with van der Waals surface area (Å²) in [6.45, 7) is 2.82. The zero-order chi connectivity index (χ0) is 20.8. The molecule has 3 heterocycles. The lowest BCUT2D eigenvalue weighted by Gasteiger charge is -2.09. The van der Waals surface area contributed by atoms with Crippen molar-refractivity contribution in [2.45, 2.75) is 20.0 Å². The van der Waals surface area contributed by atoms with Crippen molar-refractivity contribution < 1.29 is 4.79 Å². The van der Waals surface area contributed by atoms with Crippen molar-refractivity contribution in [3.05, 3.63) is 89.8 Å². The van der Waals surface area contributed by atoms with Crippen molar-refractivity contribution in [2.75, 3.05) is 5.32 Å². The Morgan fingerprint density at radius 2 is 1.90 bits per heavy atom. The van der Waals surface area contributed by atoms with E-state index in [-0.39, 0.29) is 5.91 Å². The van der Waals surface area contributed by atoms with Crippen LogP contribution in [0.4, 0.5) is 5.69 Å². The molecule has 0 aliphatic heterocycles. The molecule has 0 unspecified atom stereocenters. The van der Waals surface area contributed by atoms with E-state index in [0.29, 0.717) is 30.3 Å². The summed E-state index contributed by atoms with van der Waals surface area (Å²) in [5, 5.41) is 13.4. The number of carbonyl (C=O) groups is 1. The van der Waals surface area contributed by atoms with Crippen LogP contribution in [0.25, 0.3) is 11.4 Å². The predicted molar refractivity (Wildman–Crippen MR) is 114 cm³/mol. The van der Waals surface area contributed by atoms with Crippen LogP contribution < -0.4 is 10.6 Å². The van der Waals surface area contributed by atoms with Gasteiger partial charge in [-0.05, 0) is 48.9 Å². The zero-order valence-corrected chi connectivity index (χ0v) is 16.5. The van der Waals surface area contributed by atoms with Crippen LogP contribution in [0, 0.1) is 6.92 Å². The van der Waals surface area contributed by atoms with Crippen LogP contribution in [0.2, 0.25) is 0 Å². The summed E-state index contributed by atoms with van der Waals surface area (Å²) in [6.07, 6.45) is 5.15. The number of nitrogens with one attached hydrogen (secondary N) is 3. The molecule has 0 atom stereocenters. The lowest BCUT2D eigenvalue weighted by Crippen LogP contribution is -2.23. The third kappa shape index (κ3) is 4.67. The molecule has 30 heavy (non-hydrogen) atoms. The van der Waals surface area contributed by atoms with Crippen LogP contribution in [0.3, 0.4) is 0 Å². The number of carbonyl (C=O) groups excluding carboxylic acids is 1. The van der Waals surface area contributed by atoms with Crippen molar-refractivity contribution >= 4 is 11.6 Å². The van der Waals surface area contributed by atoms with E-state index < -0.39 is 0 Å². The van der Waals surface area contributed by atoms with Crippen LogP contribution in [0.1, 0.15) is 27.4 Å². The Bertz CT molecular complexity index is 1140. The van der Waals surface area contributed by atoms with Crippen molar-refractivity contribution in [2.24, 2.45) is 0 Å². The molecule has 0 aliphatic carbocycles. The first-order valence-electron chi connectivity index (χ1n) is 9.53. The van der Waals surface area contributed by atoms with Crippen LogP contribution in [0.5, 0.6) is 0 Å². The summed E-state index contributed by atoms with van der Waals surface area (Å²) in [6, 6.07) is 14.9. The number of pyridine rings is 2. The average Bonchev–Trinajstić information content (AvgIpc) is 3.27. The molecule has 0 aliphatic rings. The van der Waals surface area contributed by atoms with E-state index in [1.165, 1.54) is 0 Å². The molecule has 1 aromatic carbocycles. The summed E-state index contributed by atoms with van der Waals surface area (Å²) in [4.78, 5) is 25.2. The Morgan fingerprint density at radius 1 is 1.03 bits per heavy atom. The standard InChI is InChI=1S/C22H21N7O/c1-15-18(5-3-9-24-15)13-26-22(30)17-4-2-6-19(12-17)25-14-20-27-21(29-28-20)16-7-10-23-11-8-16/h2-12,25H,13-14H2,1H3,(H,26,30)(H,27,28,29). The normalized spacial score (nSPS) is 10.6. The van der Waals surface area contributed by atoms with E-state index in [4.69, 9.17) is 0 Å². The summed E-state index contributed by atoms with van der Waals surface area (Å²) >= 11 is 0. The van der Waals surface area contributed by atoms with Gasteiger partial charge >= 0.3 is 0 Å². The number of anilines is 1. The van der Waals surface area contributed by atoms with Gasteiger partial charge in [0.2, 0.25) is 0 Å². The first-order valence-corrected chi connectivity index (χ1v) is 9.53. The van der Waals surface area contributed by atoms with Gasteiger partial charge < -0.3 is 10.6 Å². The first-order chi connectivity index (χ1) is 14.7. The average molecular weight is 399 g/mol. The van der Waals surface area contributed by atoms with Crippen molar-refractivity contribution in [3.63, 3.8) is 0 Å². The molecule has 8 nitrogen and oxygen atoms in total. The molecule has 8 heteroatoms. The second-order valence-corrected chi connectivity index (χ2v) is 6.71. The Labute approximate surface area is 173 Å². The first kappa shape index (κ1) is 19.3. The highest BCUT2D eigenvalue weighted by atomic mass is 16.1. The Hall–Kier alpha value is -4.07. The number of rotatable bonds is 7. The monoisotopic (exact) mass is 399 g/mol. The van der Waals surface area contributed by atoms with E-state index in [2.05, 4.69) is 35.8 Å². The van der Waals surface area contributed by atoms with Gasteiger partial charge in [0.1, 0.15) is 5.82 Å². The Morgan fingerprint density at radius 3 is 2.73 bits per heavy atom. The Kier molecular flexibility index (Phi) is 5.75. The summed E-state index contributed by atoms with van der Waals surface area (Å²) < 4.78 is 0. The van der Waals surface area contributed by atoms with Gasteiger partial charge in [-0.15, -0.1) is 0 Å². The highest BCUT2D eigenvalue weighted by Gasteiger charge is 2.09. The lowest BCUT2D eigenvalue weighted by molar-refractivity contribution is 0.0951. The van der Waals surface area contributed by atoms with Crippen LogP contribution in [-0.2, 0) is 13.1 Å². The smallest absolute Gasteiger partial charge is 0.251 e. The van der Waals surface area contributed by atoms with Gasteiger partial charge in [-0.3, -0.25) is 19.9 Å². The number of aromatic nitrogens is 5. The van der Waals surface area contributed by atoms with Crippen molar-refractivity contribution in [1.29, 1.82) is 0 Å². The fraction of sp³-hybridized carbons (Fsp3) is 0.136. The third-order valence-corrected chi connectivity index (χ3v) is 4.61. The highest BCUT2D eigenvalue weighted by molar-refractivity contribution is 5.95. The number of amides is 1. The molecule has 1 amide bonds. The van der Waals surface area contributed by atoms with Crippen LogP contribution in [-0.4, -0.2) is 31.1 Å².